The van der Waals surface area contributed by atoms with Crippen LogP contribution >= 0.6 is 0 Å². The standard InChI is InChI=1S/C12H16N4O3/c17-11(18)6-16-5-10(14-15-16)12(19)13-9-4-7-1-2-8(9)3-7/h5,7-9H,1-4,6H2,(H,13,19)(H,17,18). The maximum Gasteiger partial charge on any atom is 0.325 e. The van der Waals surface area contributed by atoms with Crippen LogP contribution in [0.5, 0.6) is 0 Å². The highest BCUT2D eigenvalue weighted by atomic mass is 16.4. The summed E-state index contributed by atoms with van der Waals surface area (Å²) in [5.74, 6) is 0.0974. The van der Waals surface area contributed by atoms with E-state index in [2.05, 4.69) is 15.6 Å². The fourth-order valence-corrected chi connectivity index (χ4v) is 3.28. The van der Waals surface area contributed by atoms with Gasteiger partial charge in [-0.25, -0.2) is 4.68 Å². The van der Waals surface area contributed by atoms with Crippen molar-refractivity contribution in [2.75, 3.05) is 0 Å². The van der Waals surface area contributed by atoms with Gasteiger partial charge in [0.25, 0.3) is 5.91 Å². The molecule has 1 amide bonds. The summed E-state index contributed by atoms with van der Waals surface area (Å²) in [6.07, 6.45) is 6.13. The van der Waals surface area contributed by atoms with Crippen LogP contribution in [-0.2, 0) is 11.3 Å². The van der Waals surface area contributed by atoms with E-state index in [4.69, 9.17) is 5.11 Å². The smallest absolute Gasteiger partial charge is 0.325 e. The number of hydrogen-bond donors (Lipinski definition) is 2. The van der Waals surface area contributed by atoms with Crippen LogP contribution in [0.4, 0.5) is 0 Å². The van der Waals surface area contributed by atoms with E-state index in [1.165, 1.54) is 25.5 Å². The number of carbonyl (C=O) groups excluding carboxylic acids is 1. The zero-order valence-corrected chi connectivity index (χ0v) is 10.5. The summed E-state index contributed by atoms with van der Waals surface area (Å²) >= 11 is 0. The Morgan fingerprint density at radius 2 is 2.26 bits per heavy atom. The van der Waals surface area contributed by atoms with E-state index in [0.717, 1.165) is 17.0 Å². The van der Waals surface area contributed by atoms with E-state index in [-0.39, 0.29) is 24.2 Å². The van der Waals surface area contributed by atoms with Crippen LogP contribution in [0.1, 0.15) is 36.2 Å². The molecule has 7 heteroatoms. The summed E-state index contributed by atoms with van der Waals surface area (Å²) in [7, 11) is 0. The molecule has 3 unspecified atom stereocenters. The molecule has 0 aliphatic heterocycles. The van der Waals surface area contributed by atoms with Crippen LogP contribution < -0.4 is 5.32 Å². The SMILES string of the molecule is O=C(O)Cn1cc(C(=O)NC2CC3CCC2C3)nn1. The van der Waals surface area contributed by atoms with Crippen molar-refractivity contribution >= 4 is 11.9 Å². The van der Waals surface area contributed by atoms with E-state index >= 15 is 0 Å². The fourth-order valence-electron chi connectivity index (χ4n) is 3.28. The monoisotopic (exact) mass is 264 g/mol. The minimum Gasteiger partial charge on any atom is -0.480 e. The predicted octanol–water partition coefficient (Wildman–Crippen LogP) is 0.281. The molecule has 2 aliphatic rings. The number of hydrogen-bond acceptors (Lipinski definition) is 4. The van der Waals surface area contributed by atoms with E-state index < -0.39 is 5.97 Å². The van der Waals surface area contributed by atoms with Gasteiger partial charge in [-0.2, -0.15) is 0 Å². The number of carbonyl (C=O) groups is 2. The van der Waals surface area contributed by atoms with E-state index in [1.54, 1.807) is 0 Å². The summed E-state index contributed by atoms with van der Waals surface area (Å²) in [6, 6.07) is 0.246. The first-order valence-corrected chi connectivity index (χ1v) is 6.54. The van der Waals surface area contributed by atoms with E-state index in [1.807, 2.05) is 0 Å². The highest BCUT2D eigenvalue weighted by Crippen LogP contribution is 2.44. The average Bonchev–Trinajstić information content (AvgIpc) is 3.03. The number of rotatable bonds is 4. The molecule has 0 spiro atoms. The zero-order valence-electron chi connectivity index (χ0n) is 10.5. The minimum atomic E-state index is -1.01. The number of nitrogens with zero attached hydrogens (tertiary/aromatic N) is 3. The second kappa shape index (κ2) is 4.64. The third-order valence-corrected chi connectivity index (χ3v) is 4.12. The Morgan fingerprint density at radius 3 is 2.89 bits per heavy atom. The number of carboxylic acids is 1. The highest BCUT2D eigenvalue weighted by Gasteiger charge is 2.40. The van der Waals surface area contributed by atoms with Crippen molar-refractivity contribution in [3.63, 3.8) is 0 Å². The third-order valence-electron chi connectivity index (χ3n) is 4.12. The Balaban J connectivity index is 1.61. The molecule has 2 fully saturated rings. The number of carboxylic acid groups (broad SMARTS) is 1. The lowest BCUT2D eigenvalue weighted by molar-refractivity contribution is -0.137. The molecule has 2 saturated carbocycles. The molecule has 0 radical (unpaired) electrons. The first kappa shape index (κ1) is 12.1. The van der Waals surface area contributed by atoms with Crippen molar-refractivity contribution < 1.29 is 14.7 Å². The van der Waals surface area contributed by atoms with Gasteiger partial charge in [0, 0.05) is 6.04 Å². The van der Waals surface area contributed by atoms with Gasteiger partial charge < -0.3 is 10.4 Å². The maximum atomic E-state index is 12.0. The Kier molecular flexibility index (Phi) is 2.96. The van der Waals surface area contributed by atoms with Gasteiger partial charge in [0.1, 0.15) is 6.54 Å². The quantitative estimate of drug-likeness (QED) is 0.814. The molecule has 2 N–H and O–H groups in total. The first-order valence-electron chi connectivity index (χ1n) is 6.54. The molecule has 3 rings (SSSR count). The molecule has 3 atom stereocenters. The van der Waals surface area contributed by atoms with Crippen LogP contribution in [0.25, 0.3) is 0 Å². The average molecular weight is 264 g/mol. The second-order valence-electron chi connectivity index (χ2n) is 5.45. The van der Waals surface area contributed by atoms with Gasteiger partial charge in [-0.15, -0.1) is 5.10 Å². The molecule has 1 heterocycles. The number of aliphatic carboxylic acids is 1. The largest absolute Gasteiger partial charge is 0.480 e. The number of amides is 1. The van der Waals surface area contributed by atoms with Crippen LogP contribution in [0, 0.1) is 11.8 Å². The Hall–Kier alpha value is -1.92. The molecule has 0 aromatic carbocycles. The Labute approximate surface area is 110 Å². The summed E-state index contributed by atoms with van der Waals surface area (Å²) in [5, 5.41) is 19.0. The summed E-state index contributed by atoms with van der Waals surface area (Å²) < 4.78 is 1.15. The summed E-state index contributed by atoms with van der Waals surface area (Å²) in [6.45, 7) is -0.283. The van der Waals surface area contributed by atoms with Crippen LogP contribution in [0.15, 0.2) is 6.20 Å². The van der Waals surface area contributed by atoms with Gasteiger partial charge in [-0.3, -0.25) is 9.59 Å². The molecule has 1 aromatic heterocycles. The number of fused-ring (bicyclic) bond motifs is 2. The topological polar surface area (TPSA) is 97.1 Å². The van der Waals surface area contributed by atoms with E-state index in [0.29, 0.717) is 5.92 Å². The van der Waals surface area contributed by atoms with E-state index in [9.17, 15) is 9.59 Å². The third kappa shape index (κ3) is 2.45. The fraction of sp³-hybridized carbons (Fsp3) is 0.667. The Morgan fingerprint density at radius 1 is 1.42 bits per heavy atom. The van der Waals surface area contributed by atoms with Gasteiger partial charge >= 0.3 is 5.97 Å². The molecule has 1 aromatic rings. The zero-order chi connectivity index (χ0) is 13.4. The van der Waals surface area contributed by atoms with Gasteiger partial charge in [-0.05, 0) is 31.1 Å². The molecule has 7 nitrogen and oxygen atoms in total. The lowest BCUT2D eigenvalue weighted by Gasteiger charge is -2.22. The highest BCUT2D eigenvalue weighted by molar-refractivity contribution is 5.92. The molecule has 19 heavy (non-hydrogen) atoms. The van der Waals surface area contributed by atoms with Crippen molar-refractivity contribution in [2.24, 2.45) is 11.8 Å². The van der Waals surface area contributed by atoms with Crippen molar-refractivity contribution in [3.8, 4) is 0 Å². The normalized spacial score (nSPS) is 28.5. The number of nitrogens with one attached hydrogen (secondary N) is 1. The molecular weight excluding hydrogens is 248 g/mol. The first-order chi connectivity index (χ1) is 9.11. The summed E-state index contributed by atoms with van der Waals surface area (Å²) in [4.78, 5) is 22.5. The molecule has 102 valence electrons. The van der Waals surface area contributed by atoms with Gasteiger partial charge in [0.05, 0.1) is 6.20 Å². The lowest BCUT2D eigenvalue weighted by Crippen LogP contribution is -2.38. The summed E-state index contributed by atoms with van der Waals surface area (Å²) in [5.41, 5.74) is 0.184. The predicted molar refractivity (Wildman–Crippen MR) is 64.4 cm³/mol. The van der Waals surface area contributed by atoms with Crippen molar-refractivity contribution in [1.29, 1.82) is 0 Å². The minimum absolute atomic E-state index is 0.184. The number of aromatic nitrogens is 3. The Bertz CT molecular complexity index is 513. The molecule has 2 aliphatic carbocycles. The van der Waals surface area contributed by atoms with Gasteiger partial charge in [0.2, 0.25) is 0 Å². The van der Waals surface area contributed by atoms with Crippen LogP contribution in [0.3, 0.4) is 0 Å². The van der Waals surface area contributed by atoms with Crippen LogP contribution in [0.2, 0.25) is 0 Å². The van der Waals surface area contributed by atoms with Crippen molar-refractivity contribution in [3.05, 3.63) is 11.9 Å². The lowest BCUT2D eigenvalue weighted by atomic mass is 9.95. The molecule has 2 bridgehead atoms. The van der Waals surface area contributed by atoms with Crippen LogP contribution in [-0.4, -0.2) is 38.0 Å². The molecule has 0 saturated heterocycles. The van der Waals surface area contributed by atoms with Crippen molar-refractivity contribution in [2.45, 2.75) is 38.3 Å². The second-order valence-corrected chi connectivity index (χ2v) is 5.45. The van der Waals surface area contributed by atoms with Crippen molar-refractivity contribution in [1.82, 2.24) is 20.3 Å². The maximum absolute atomic E-state index is 12.0. The molecular formula is C12H16N4O3. The van der Waals surface area contributed by atoms with Gasteiger partial charge in [-0.1, -0.05) is 11.6 Å². The van der Waals surface area contributed by atoms with Gasteiger partial charge in [0.15, 0.2) is 5.69 Å².